The third kappa shape index (κ3) is 1.95. The number of rotatable bonds is 2. The first-order chi connectivity index (χ1) is 8.33. The van der Waals surface area contributed by atoms with Gasteiger partial charge >= 0.3 is 0 Å². The molecule has 88 valence electrons. The molecule has 3 rings (SSSR count). The lowest BCUT2D eigenvalue weighted by atomic mass is 10.0. The van der Waals surface area contributed by atoms with Crippen molar-refractivity contribution in [3.8, 4) is 0 Å². The largest absolute Gasteiger partial charge is 0.399 e. The summed E-state index contributed by atoms with van der Waals surface area (Å²) in [7, 11) is 0. The summed E-state index contributed by atoms with van der Waals surface area (Å²) in [5.74, 6) is 0.717. The fraction of sp³-hybridized carbons (Fsp3) is 0.333. The molecular formula is C12H14N4O. The number of nitrogens with zero attached hydrogens (tertiary/aromatic N) is 3. The van der Waals surface area contributed by atoms with Gasteiger partial charge in [-0.2, -0.15) is 4.98 Å². The third-order valence-corrected chi connectivity index (χ3v) is 3.06. The second-order valence-corrected chi connectivity index (χ2v) is 4.26. The summed E-state index contributed by atoms with van der Waals surface area (Å²) in [5, 5.41) is 3.85. The molecule has 0 unspecified atom stereocenters. The van der Waals surface area contributed by atoms with Crippen LogP contribution in [-0.4, -0.2) is 16.7 Å². The molecule has 5 heteroatoms. The molecule has 0 aliphatic carbocycles. The molecule has 2 N–H and O–H groups in total. The molecule has 1 aliphatic rings. The van der Waals surface area contributed by atoms with Gasteiger partial charge in [0.05, 0.1) is 6.54 Å². The molecule has 0 fully saturated rings. The molecule has 2 aromatic rings. The Bertz CT molecular complexity index is 509. The van der Waals surface area contributed by atoms with Crippen molar-refractivity contribution in [3.05, 3.63) is 36.0 Å². The van der Waals surface area contributed by atoms with Crippen LogP contribution in [-0.2, 0) is 13.0 Å². The number of hydrogen-bond acceptors (Lipinski definition) is 5. The van der Waals surface area contributed by atoms with Crippen LogP contribution in [0.25, 0.3) is 0 Å². The molecule has 0 radical (unpaired) electrons. The molecule has 0 amide bonds. The molecule has 0 saturated heterocycles. The number of nitrogen functional groups attached to an aromatic ring is 1. The minimum Gasteiger partial charge on any atom is -0.399 e. The van der Waals surface area contributed by atoms with Gasteiger partial charge in [-0.3, -0.25) is 0 Å². The Morgan fingerprint density at radius 2 is 2.35 bits per heavy atom. The third-order valence-electron chi connectivity index (χ3n) is 3.06. The van der Waals surface area contributed by atoms with Crippen molar-refractivity contribution in [2.24, 2.45) is 0 Å². The van der Waals surface area contributed by atoms with Gasteiger partial charge in [0, 0.05) is 17.9 Å². The van der Waals surface area contributed by atoms with E-state index in [2.05, 4.69) is 27.2 Å². The van der Waals surface area contributed by atoms with E-state index in [1.54, 1.807) is 0 Å². The lowest BCUT2D eigenvalue weighted by molar-refractivity contribution is 0.409. The van der Waals surface area contributed by atoms with Gasteiger partial charge in [-0.15, -0.1) is 0 Å². The van der Waals surface area contributed by atoms with E-state index in [9.17, 15) is 0 Å². The van der Waals surface area contributed by atoms with Gasteiger partial charge in [-0.1, -0.05) is 5.16 Å². The zero-order valence-corrected chi connectivity index (χ0v) is 9.47. The second-order valence-electron chi connectivity index (χ2n) is 4.26. The van der Waals surface area contributed by atoms with Crippen LogP contribution in [0.1, 0.15) is 17.8 Å². The molecule has 1 aromatic heterocycles. The van der Waals surface area contributed by atoms with Gasteiger partial charge in [0.15, 0.2) is 5.82 Å². The topological polar surface area (TPSA) is 68.2 Å². The highest BCUT2D eigenvalue weighted by molar-refractivity contribution is 5.61. The smallest absolute Gasteiger partial charge is 0.213 e. The number of fused-ring (bicyclic) bond motifs is 1. The van der Waals surface area contributed by atoms with E-state index >= 15 is 0 Å². The molecule has 0 spiro atoms. The lowest BCUT2D eigenvalue weighted by Gasteiger charge is -2.30. The SMILES string of the molecule is Nc1ccc2c(c1)CCCN2Cc1ncon1. The monoisotopic (exact) mass is 230 g/mol. The van der Waals surface area contributed by atoms with Gasteiger partial charge in [0.25, 0.3) is 0 Å². The Hall–Kier alpha value is -2.04. The molecule has 1 aliphatic heterocycles. The molecule has 0 saturated carbocycles. The average Bonchev–Trinajstić information content (AvgIpc) is 2.82. The first-order valence-corrected chi connectivity index (χ1v) is 5.71. The molecule has 1 aromatic carbocycles. The Balaban J connectivity index is 1.89. The summed E-state index contributed by atoms with van der Waals surface area (Å²) in [5.41, 5.74) is 9.17. The van der Waals surface area contributed by atoms with Gasteiger partial charge in [-0.25, -0.2) is 0 Å². The quantitative estimate of drug-likeness (QED) is 0.794. The zero-order valence-electron chi connectivity index (χ0n) is 9.47. The van der Waals surface area contributed by atoms with E-state index in [1.807, 2.05) is 6.07 Å². The van der Waals surface area contributed by atoms with Gasteiger partial charge < -0.3 is 15.2 Å². The maximum atomic E-state index is 5.81. The van der Waals surface area contributed by atoms with Crippen molar-refractivity contribution in [3.63, 3.8) is 0 Å². The molecular weight excluding hydrogens is 216 g/mol. The van der Waals surface area contributed by atoms with Crippen LogP contribution in [0.15, 0.2) is 29.1 Å². The van der Waals surface area contributed by atoms with Crippen LogP contribution < -0.4 is 10.6 Å². The fourth-order valence-corrected chi connectivity index (χ4v) is 2.29. The Labute approximate surface area is 99.2 Å². The highest BCUT2D eigenvalue weighted by Gasteiger charge is 2.18. The standard InChI is InChI=1S/C12H14N4O/c13-10-3-4-11-9(6-10)2-1-5-16(11)7-12-14-8-17-15-12/h3-4,6,8H,1-2,5,7,13H2. The van der Waals surface area contributed by atoms with Crippen LogP contribution in [0.5, 0.6) is 0 Å². The van der Waals surface area contributed by atoms with Crippen molar-refractivity contribution in [2.45, 2.75) is 19.4 Å². The van der Waals surface area contributed by atoms with Gasteiger partial charge in [0.2, 0.25) is 6.39 Å². The Morgan fingerprint density at radius 1 is 1.41 bits per heavy atom. The highest BCUT2D eigenvalue weighted by Crippen LogP contribution is 2.29. The van der Waals surface area contributed by atoms with Crippen LogP contribution in [0.2, 0.25) is 0 Å². The highest BCUT2D eigenvalue weighted by atomic mass is 16.5. The van der Waals surface area contributed by atoms with E-state index in [0.29, 0.717) is 6.54 Å². The minimum absolute atomic E-state index is 0.688. The van der Waals surface area contributed by atoms with Crippen molar-refractivity contribution in [1.82, 2.24) is 10.1 Å². The number of anilines is 2. The van der Waals surface area contributed by atoms with E-state index in [-0.39, 0.29) is 0 Å². The number of aromatic nitrogens is 2. The zero-order chi connectivity index (χ0) is 11.7. The van der Waals surface area contributed by atoms with E-state index < -0.39 is 0 Å². The van der Waals surface area contributed by atoms with Crippen LogP contribution in [0.3, 0.4) is 0 Å². The predicted molar refractivity (Wildman–Crippen MR) is 64.5 cm³/mol. The molecule has 2 heterocycles. The van der Waals surface area contributed by atoms with Crippen LogP contribution in [0.4, 0.5) is 11.4 Å². The second kappa shape index (κ2) is 4.08. The number of aryl methyl sites for hydroxylation is 1. The lowest BCUT2D eigenvalue weighted by Crippen LogP contribution is -2.29. The van der Waals surface area contributed by atoms with Crippen molar-refractivity contribution in [1.29, 1.82) is 0 Å². The van der Waals surface area contributed by atoms with E-state index in [0.717, 1.165) is 30.9 Å². The van der Waals surface area contributed by atoms with Gasteiger partial charge in [0.1, 0.15) is 0 Å². The number of benzene rings is 1. The molecule has 5 nitrogen and oxygen atoms in total. The summed E-state index contributed by atoms with van der Waals surface area (Å²) < 4.78 is 4.76. The predicted octanol–water partition coefficient (Wildman–Crippen LogP) is 1.60. The minimum atomic E-state index is 0.688. The van der Waals surface area contributed by atoms with Crippen molar-refractivity contribution in [2.75, 3.05) is 17.2 Å². The summed E-state index contributed by atoms with van der Waals surface area (Å²) in [6.45, 7) is 1.71. The van der Waals surface area contributed by atoms with Crippen molar-refractivity contribution >= 4 is 11.4 Å². The summed E-state index contributed by atoms with van der Waals surface area (Å²) in [6, 6.07) is 6.06. The number of hydrogen-bond donors (Lipinski definition) is 1. The maximum absolute atomic E-state index is 5.81. The maximum Gasteiger partial charge on any atom is 0.213 e. The summed E-state index contributed by atoms with van der Waals surface area (Å²) in [6.07, 6.45) is 3.58. The summed E-state index contributed by atoms with van der Waals surface area (Å²) in [4.78, 5) is 6.32. The summed E-state index contributed by atoms with van der Waals surface area (Å²) >= 11 is 0. The molecule has 17 heavy (non-hydrogen) atoms. The fourth-order valence-electron chi connectivity index (χ4n) is 2.29. The van der Waals surface area contributed by atoms with Crippen LogP contribution in [0, 0.1) is 0 Å². The normalized spacial score (nSPS) is 14.7. The first-order valence-electron chi connectivity index (χ1n) is 5.71. The van der Waals surface area contributed by atoms with E-state index in [1.165, 1.54) is 17.6 Å². The van der Waals surface area contributed by atoms with Crippen molar-refractivity contribution < 1.29 is 4.52 Å². The molecule has 0 bridgehead atoms. The average molecular weight is 230 g/mol. The molecule has 0 atom stereocenters. The number of nitrogens with two attached hydrogens (primary N) is 1. The Morgan fingerprint density at radius 3 is 3.18 bits per heavy atom. The van der Waals surface area contributed by atoms with Crippen LogP contribution >= 0.6 is 0 Å². The van der Waals surface area contributed by atoms with Gasteiger partial charge in [-0.05, 0) is 36.6 Å². The first kappa shape index (κ1) is 10.1. The van der Waals surface area contributed by atoms with E-state index in [4.69, 9.17) is 10.3 Å². The Kier molecular flexibility index (Phi) is 2.44.